The second-order valence-corrected chi connectivity index (χ2v) is 9.64. The molecule has 1 fully saturated rings. The molecule has 5 rings (SSSR count). The molecule has 0 saturated carbocycles. The Kier molecular flexibility index (Phi) is 7.01. The van der Waals surface area contributed by atoms with Crippen LogP contribution in [0.25, 0.3) is 16.7 Å². The van der Waals surface area contributed by atoms with Crippen LogP contribution in [0, 0.1) is 17.0 Å². The molecule has 1 saturated heterocycles. The minimum Gasteiger partial charge on any atom is -0.366 e. The molecule has 0 bridgehead atoms. The van der Waals surface area contributed by atoms with E-state index >= 15 is 0 Å². The average Bonchev–Trinajstić information content (AvgIpc) is 3.59. The number of nitro benzene ring substituents is 1. The van der Waals surface area contributed by atoms with E-state index in [1.807, 2.05) is 36.1 Å². The summed E-state index contributed by atoms with van der Waals surface area (Å²) in [5, 5.41) is 26.6. The number of hydrogen-bond acceptors (Lipinski definition) is 7. The lowest BCUT2D eigenvalue weighted by atomic mass is 10.1. The zero-order valence-corrected chi connectivity index (χ0v) is 21.9. The number of fused-ring (bicyclic) bond motifs is 1. The van der Waals surface area contributed by atoms with Crippen molar-refractivity contribution in [2.24, 2.45) is 0 Å². The van der Waals surface area contributed by atoms with E-state index in [1.165, 1.54) is 11.6 Å². The third-order valence-electron chi connectivity index (χ3n) is 6.66. The summed E-state index contributed by atoms with van der Waals surface area (Å²) in [5.74, 6) is -0.529. The van der Waals surface area contributed by atoms with Crippen LogP contribution in [0.4, 0.5) is 17.1 Å². The van der Waals surface area contributed by atoms with Crippen LogP contribution in [0.1, 0.15) is 41.3 Å². The molecule has 1 aliphatic heterocycles. The number of carbonyl (C=O) groups is 1. The smallest absolute Gasteiger partial charge is 0.293 e. The van der Waals surface area contributed by atoms with Gasteiger partial charge in [0.25, 0.3) is 11.6 Å². The Morgan fingerprint density at radius 3 is 2.39 bits per heavy atom. The molecule has 0 aliphatic carbocycles. The van der Waals surface area contributed by atoms with E-state index in [0.29, 0.717) is 16.9 Å². The van der Waals surface area contributed by atoms with E-state index in [2.05, 4.69) is 39.9 Å². The van der Waals surface area contributed by atoms with Gasteiger partial charge in [0.05, 0.1) is 10.6 Å². The molecule has 2 heterocycles. The number of aromatic nitrogens is 3. The zero-order valence-electron chi connectivity index (χ0n) is 21.1. The normalized spacial score (nSPS) is 13.1. The topological polar surface area (TPSA) is 118 Å². The Labute approximate surface area is 224 Å². The zero-order chi connectivity index (χ0) is 26.8. The van der Waals surface area contributed by atoms with E-state index in [9.17, 15) is 14.9 Å². The minimum absolute atomic E-state index is 0.0752. The Morgan fingerprint density at radius 1 is 1.05 bits per heavy atom. The first-order valence-electron chi connectivity index (χ1n) is 12.4. The minimum atomic E-state index is -0.529. The van der Waals surface area contributed by atoms with Gasteiger partial charge in [-0.2, -0.15) is 4.80 Å². The predicted molar refractivity (Wildman–Crippen MR) is 151 cm³/mol. The first-order chi connectivity index (χ1) is 18.3. The van der Waals surface area contributed by atoms with Gasteiger partial charge in [0.1, 0.15) is 16.7 Å². The maximum Gasteiger partial charge on any atom is 0.293 e. The number of hydrogen-bond donors (Lipinski definition) is 2. The number of amides is 1. The number of nitrogens with one attached hydrogen (secondary N) is 2. The summed E-state index contributed by atoms with van der Waals surface area (Å²) in [5.41, 5.74) is 5.63. The number of nitro groups is 1. The van der Waals surface area contributed by atoms with Crippen LogP contribution in [-0.2, 0) is 6.42 Å². The number of benzene rings is 3. The molecular weight excluding hydrogens is 502 g/mol. The highest BCUT2D eigenvalue weighted by molar-refractivity contribution is 7.80. The molecule has 2 N–H and O–H groups in total. The van der Waals surface area contributed by atoms with Crippen molar-refractivity contribution in [3.8, 4) is 5.69 Å². The third kappa shape index (κ3) is 5.18. The second kappa shape index (κ2) is 10.5. The van der Waals surface area contributed by atoms with Gasteiger partial charge in [-0.15, -0.1) is 10.2 Å². The van der Waals surface area contributed by atoms with Crippen molar-refractivity contribution >= 4 is 51.3 Å². The third-order valence-corrected chi connectivity index (χ3v) is 6.86. The SMILES string of the molecule is CCc1ccc(-n2nc3cc(C)c(NC(=S)NC(=O)c4ccc(N5CCCC5)c([N+](=O)[O-])c4)cc3n2)cc1. The molecule has 4 aromatic rings. The van der Waals surface area contributed by atoms with Crippen molar-refractivity contribution in [3.05, 3.63) is 81.4 Å². The fourth-order valence-corrected chi connectivity index (χ4v) is 4.75. The average molecular weight is 530 g/mol. The number of rotatable bonds is 6. The number of aryl methyl sites for hydroxylation is 2. The maximum atomic E-state index is 12.9. The highest BCUT2D eigenvalue weighted by atomic mass is 32.1. The summed E-state index contributed by atoms with van der Waals surface area (Å²) >= 11 is 5.37. The van der Waals surface area contributed by atoms with Crippen LogP contribution in [-0.4, -0.2) is 44.0 Å². The first kappa shape index (κ1) is 25.3. The summed E-state index contributed by atoms with van der Waals surface area (Å²) in [7, 11) is 0. The Balaban J connectivity index is 1.31. The standard InChI is InChI=1S/C27H27N7O3S/c1-3-18-6-9-20(10-7-18)33-30-22-14-17(2)21(16-23(22)31-33)28-27(38)29-26(35)19-8-11-24(25(15-19)34(36)37)32-12-4-5-13-32/h6-11,14-16H,3-5,12-13H2,1-2H3,(H2,28,29,35,38). The second-order valence-electron chi connectivity index (χ2n) is 9.23. The molecule has 0 spiro atoms. The van der Waals surface area contributed by atoms with Gasteiger partial charge in [-0.3, -0.25) is 20.2 Å². The molecular formula is C27H27N7O3S. The lowest BCUT2D eigenvalue weighted by Gasteiger charge is -2.18. The van der Waals surface area contributed by atoms with Crippen LogP contribution in [0.2, 0.25) is 0 Å². The van der Waals surface area contributed by atoms with Crippen LogP contribution >= 0.6 is 12.2 Å². The van der Waals surface area contributed by atoms with Crippen molar-refractivity contribution < 1.29 is 9.72 Å². The van der Waals surface area contributed by atoms with E-state index < -0.39 is 10.8 Å². The van der Waals surface area contributed by atoms with Crippen molar-refractivity contribution in [1.29, 1.82) is 0 Å². The molecule has 10 nitrogen and oxygen atoms in total. The summed E-state index contributed by atoms with van der Waals surface area (Å²) in [4.78, 5) is 27.6. The highest BCUT2D eigenvalue weighted by Crippen LogP contribution is 2.31. The van der Waals surface area contributed by atoms with E-state index in [-0.39, 0.29) is 16.4 Å². The van der Waals surface area contributed by atoms with Gasteiger partial charge in [-0.1, -0.05) is 19.1 Å². The molecule has 1 aliphatic rings. The molecule has 1 amide bonds. The van der Waals surface area contributed by atoms with Crippen LogP contribution in [0.15, 0.2) is 54.6 Å². The van der Waals surface area contributed by atoms with Crippen LogP contribution in [0.3, 0.4) is 0 Å². The van der Waals surface area contributed by atoms with Gasteiger partial charge >= 0.3 is 0 Å². The summed E-state index contributed by atoms with van der Waals surface area (Å²) in [6.07, 6.45) is 2.94. The monoisotopic (exact) mass is 529 g/mol. The van der Waals surface area contributed by atoms with Crippen molar-refractivity contribution in [3.63, 3.8) is 0 Å². The first-order valence-corrected chi connectivity index (χ1v) is 12.9. The maximum absolute atomic E-state index is 12.9. The van der Waals surface area contributed by atoms with Crippen LogP contribution < -0.4 is 15.5 Å². The lowest BCUT2D eigenvalue weighted by molar-refractivity contribution is -0.384. The Morgan fingerprint density at radius 2 is 1.74 bits per heavy atom. The fourth-order valence-electron chi connectivity index (χ4n) is 4.55. The van der Waals surface area contributed by atoms with Crippen LogP contribution in [0.5, 0.6) is 0 Å². The van der Waals surface area contributed by atoms with Crippen molar-refractivity contribution in [2.45, 2.75) is 33.1 Å². The lowest BCUT2D eigenvalue weighted by Crippen LogP contribution is -2.34. The quantitative estimate of drug-likeness (QED) is 0.205. The Bertz CT molecular complexity index is 1540. The Hall–Kier alpha value is -4.38. The largest absolute Gasteiger partial charge is 0.366 e. The molecule has 0 unspecified atom stereocenters. The number of nitrogens with zero attached hydrogens (tertiary/aromatic N) is 5. The molecule has 194 valence electrons. The molecule has 0 radical (unpaired) electrons. The van der Waals surface area contributed by atoms with Crippen molar-refractivity contribution in [2.75, 3.05) is 23.3 Å². The van der Waals surface area contributed by atoms with Crippen molar-refractivity contribution in [1.82, 2.24) is 20.3 Å². The van der Waals surface area contributed by atoms with E-state index in [4.69, 9.17) is 12.2 Å². The van der Waals surface area contributed by atoms with Gasteiger partial charge in [0, 0.05) is 30.4 Å². The fraction of sp³-hybridized carbons (Fsp3) is 0.259. The molecule has 11 heteroatoms. The van der Waals surface area contributed by atoms with Gasteiger partial charge in [-0.25, -0.2) is 0 Å². The van der Waals surface area contributed by atoms with Gasteiger partial charge in [-0.05, 0) is 85.9 Å². The molecule has 1 aromatic heterocycles. The van der Waals surface area contributed by atoms with E-state index in [0.717, 1.165) is 49.1 Å². The number of anilines is 2. The molecule has 0 atom stereocenters. The van der Waals surface area contributed by atoms with Gasteiger partial charge in [0.2, 0.25) is 0 Å². The predicted octanol–water partition coefficient (Wildman–Crippen LogP) is 4.93. The summed E-state index contributed by atoms with van der Waals surface area (Å²) in [6, 6.07) is 16.3. The summed E-state index contributed by atoms with van der Waals surface area (Å²) < 4.78 is 0. The van der Waals surface area contributed by atoms with Gasteiger partial charge < -0.3 is 10.2 Å². The highest BCUT2D eigenvalue weighted by Gasteiger charge is 2.24. The molecule has 38 heavy (non-hydrogen) atoms. The number of thiocarbonyl (C=S) groups is 1. The van der Waals surface area contributed by atoms with Gasteiger partial charge in [0.15, 0.2) is 5.11 Å². The molecule has 3 aromatic carbocycles. The number of carbonyl (C=O) groups excluding carboxylic acids is 1. The van der Waals surface area contributed by atoms with E-state index in [1.54, 1.807) is 16.9 Å². The summed E-state index contributed by atoms with van der Waals surface area (Å²) in [6.45, 7) is 5.54.